The van der Waals surface area contributed by atoms with Gasteiger partial charge < -0.3 is 20.3 Å². The summed E-state index contributed by atoms with van der Waals surface area (Å²) in [4.78, 5) is 24.4. The van der Waals surface area contributed by atoms with E-state index in [1.165, 1.54) is 283 Å². The van der Waals surface area contributed by atoms with Crippen LogP contribution >= 0.6 is 0 Å². The van der Waals surface area contributed by atoms with Gasteiger partial charge in [-0.3, -0.25) is 9.59 Å². The molecule has 0 aromatic rings. The second kappa shape index (κ2) is 62.6. The number of hydrogen-bond donors (Lipinski definition) is 3. The Labute approximate surface area is 455 Å². The largest absolute Gasteiger partial charge is 0.466 e. The van der Waals surface area contributed by atoms with Crippen molar-refractivity contribution < 1.29 is 24.5 Å². The van der Waals surface area contributed by atoms with Crippen LogP contribution in [0.2, 0.25) is 0 Å². The Kier molecular flexibility index (Phi) is 61.0. The van der Waals surface area contributed by atoms with E-state index in [1.54, 1.807) is 6.08 Å². The standard InChI is InChI=1S/C67H127NO5/c1-3-5-7-9-11-13-14-41-45-49-53-57-61-67(72)73-62-58-54-50-46-42-39-37-35-33-31-29-27-25-23-21-19-17-15-16-18-20-22-24-26-28-30-32-34-36-38-40-44-48-52-56-60-66(71)68-64(63-69)65(70)59-55-51-47-43-12-10-8-6-4-2/h11,13,17,19,55,59,64-65,69-70H,3-10,12,14-16,18,20-54,56-58,60-63H2,1-2H3,(H,68,71)/b13-11-,19-17-,59-55+. The molecule has 430 valence electrons. The summed E-state index contributed by atoms with van der Waals surface area (Å²) in [6.45, 7) is 4.87. The number of aliphatic hydroxyl groups is 2. The molecule has 6 nitrogen and oxygen atoms in total. The van der Waals surface area contributed by atoms with Gasteiger partial charge in [0.25, 0.3) is 0 Å². The van der Waals surface area contributed by atoms with Crippen molar-refractivity contribution in [2.45, 2.75) is 366 Å². The van der Waals surface area contributed by atoms with Crippen LogP contribution in [0.1, 0.15) is 354 Å². The molecule has 0 rings (SSSR count). The molecule has 0 aliphatic rings. The number of rotatable bonds is 61. The number of unbranched alkanes of at least 4 members (excludes halogenated alkanes) is 46. The van der Waals surface area contributed by atoms with Gasteiger partial charge in [0.2, 0.25) is 5.91 Å². The lowest BCUT2D eigenvalue weighted by atomic mass is 10.0. The molecule has 6 heteroatoms. The lowest BCUT2D eigenvalue weighted by Crippen LogP contribution is -2.45. The summed E-state index contributed by atoms with van der Waals surface area (Å²) < 4.78 is 5.47. The van der Waals surface area contributed by atoms with Crippen molar-refractivity contribution in [3.05, 3.63) is 36.5 Å². The molecule has 0 fully saturated rings. The summed E-state index contributed by atoms with van der Waals surface area (Å²) in [7, 11) is 0. The number of esters is 1. The molecule has 0 bridgehead atoms. The van der Waals surface area contributed by atoms with Gasteiger partial charge in [-0.25, -0.2) is 0 Å². The highest BCUT2D eigenvalue weighted by Crippen LogP contribution is 2.18. The summed E-state index contributed by atoms with van der Waals surface area (Å²) in [5.41, 5.74) is 0. The lowest BCUT2D eigenvalue weighted by molar-refractivity contribution is -0.143. The molecule has 0 saturated carbocycles. The molecule has 0 aromatic carbocycles. The van der Waals surface area contributed by atoms with Gasteiger partial charge in [0.15, 0.2) is 0 Å². The lowest BCUT2D eigenvalue weighted by Gasteiger charge is -2.20. The Morgan fingerprint density at radius 2 is 0.644 bits per heavy atom. The van der Waals surface area contributed by atoms with E-state index in [2.05, 4.69) is 43.5 Å². The van der Waals surface area contributed by atoms with Gasteiger partial charge in [-0.1, -0.05) is 294 Å². The monoisotopic (exact) mass is 1030 g/mol. The van der Waals surface area contributed by atoms with Crippen LogP contribution in [-0.4, -0.2) is 47.4 Å². The molecule has 1 amide bonds. The second-order valence-electron chi connectivity index (χ2n) is 22.4. The van der Waals surface area contributed by atoms with Crippen molar-refractivity contribution in [1.29, 1.82) is 0 Å². The van der Waals surface area contributed by atoms with Gasteiger partial charge in [0.05, 0.1) is 25.4 Å². The number of carbonyl (C=O) groups is 2. The maximum absolute atomic E-state index is 12.4. The van der Waals surface area contributed by atoms with Crippen molar-refractivity contribution in [3.8, 4) is 0 Å². The Balaban J connectivity index is 3.32. The minimum absolute atomic E-state index is 0.00972. The Morgan fingerprint density at radius 1 is 0.370 bits per heavy atom. The van der Waals surface area contributed by atoms with E-state index < -0.39 is 12.1 Å². The Morgan fingerprint density at radius 3 is 1.00 bits per heavy atom. The molecule has 2 atom stereocenters. The summed E-state index contributed by atoms with van der Waals surface area (Å²) in [6, 6.07) is -0.623. The van der Waals surface area contributed by atoms with E-state index in [1.807, 2.05) is 6.08 Å². The van der Waals surface area contributed by atoms with Crippen molar-refractivity contribution in [3.63, 3.8) is 0 Å². The van der Waals surface area contributed by atoms with Gasteiger partial charge in [-0.05, 0) is 83.5 Å². The molecule has 0 aromatic heterocycles. The molecule has 2 unspecified atom stereocenters. The number of nitrogens with one attached hydrogen (secondary N) is 1. The highest BCUT2D eigenvalue weighted by molar-refractivity contribution is 5.76. The second-order valence-corrected chi connectivity index (χ2v) is 22.4. The Hall–Kier alpha value is -1.92. The summed E-state index contributed by atoms with van der Waals surface area (Å²) in [5, 5.41) is 23.0. The molecule has 0 radical (unpaired) electrons. The van der Waals surface area contributed by atoms with Crippen molar-refractivity contribution in [1.82, 2.24) is 5.32 Å². The predicted molar refractivity (Wildman–Crippen MR) is 319 cm³/mol. The molecule has 73 heavy (non-hydrogen) atoms. The minimum Gasteiger partial charge on any atom is -0.466 e. The van der Waals surface area contributed by atoms with Crippen LogP contribution in [0.4, 0.5) is 0 Å². The van der Waals surface area contributed by atoms with Crippen LogP contribution < -0.4 is 5.32 Å². The number of allylic oxidation sites excluding steroid dienone is 5. The van der Waals surface area contributed by atoms with E-state index in [9.17, 15) is 19.8 Å². The smallest absolute Gasteiger partial charge is 0.305 e. The number of amides is 1. The van der Waals surface area contributed by atoms with Gasteiger partial charge in [-0.15, -0.1) is 0 Å². The van der Waals surface area contributed by atoms with Crippen LogP contribution in [0, 0.1) is 0 Å². The van der Waals surface area contributed by atoms with Crippen LogP contribution in [0.3, 0.4) is 0 Å². The maximum atomic E-state index is 12.4. The average Bonchev–Trinajstić information content (AvgIpc) is 3.39. The molecule has 0 aliphatic carbocycles. The predicted octanol–water partition coefficient (Wildman–Crippen LogP) is 20.8. The zero-order valence-corrected chi connectivity index (χ0v) is 49.1. The molecule has 0 saturated heterocycles. The minimum atomic E-state index is -0.839. The van der Waals surface area contributed by atoms with Crippen LogP contribution in [0.5, 0.6) is 0 Å². The van der Waals surface area contributed by atoms with Crippen LogP contribution in [0.15, 0.2) is 36.5 Å². The summed E-state index contributed by atoms with van der Waals surface area (Å²) in [6.07, 6.45) is 79.5. The zero-order chi connectivity index (χ0) is 52.9. The molecule has 0 aliphatic heterocycles. The van der Waals surface area contributed by atoms with Gasteiger partial charge in [-0.2, -0.15) is 0 Å². The zero-order valence-electron chi connectivity index (χ0n) is 49.1. The van der Waals surface area contributed by atoms with Gasteiger partial charge in [0, 0.05) is 12.8 Å². The molecular formula is C67H127NO5. The van der Waals surface area contributed by atoms with E-state index in [0.717, 1.165) is 44.9 Å². The average molecular weight is 1030 g/mol. The summed E-state index contributed by atoms with van der Waals surface area (Å²) >= 11 is 0. The van der Waals surface area contributed by atoms with Crippen LogP contribution in [-0.2, 0) is 14.3 Å². The first-order chi connectivity index (χ1) is 36.0. The fraction of sp³-hybridized carbons (Fsp3) is 0.881. The first kappa shape index (κ1) is 71.1. The third-order valence-electron chi connectivity index (χ3n) is 15.1. The fourth-order valence-electron chi connectivity index (χ4n) is 10.1. The molecular weight excluding hydrogens is 899 g/mol. The number of aliphatic hydroxyl groups excluding tert-OH is 2. The molecule has 3 N–H and O–H groups in total. The highest BCUT2D eigenvalue weighted by Gasteiger charge is 2.18. The van der Waals surface area contributed by atoms with Crippen molar-refractivity contribution >= 4 is 11.9 Å². The number of ether oxygens (including phenoxy) is 1. The first-order valence-electron chi connectivity index (χ1n) is 32.8. The topological polar surface area (TPSA) is 95.9 Å². The fourth-order valence-corrected chi connectivity index (χ4v) is 10.1. The van der Waals surface area contributed by atoms with Crippen LogP contribution in [0.25, 0.3) is 0 Å². The van der Waals surface area contributed by atoms with E-state index in [-0.39, 0.29) is 18.5 Å². The SMILES string of the molecule is CCCCC/C=C\CCCCCCCC(=O)OCCCCCCCCCCCCCCCC/C=C\CCCCCCCCCCCCCCCCCCCC(=O)NC(CO)C(O)/C=C/CCCCCCCCC. The third kappa shape index (κ3) is 59.2. The molecule has 0 spiro atoms. The molecule has 0 heterocycles. The van der Waals surface area contributed by atoms with Gasteiger partial charge >= 0.3 is 5.97 Å². The van der Waals surface area contributed by atoms with Gasteiger partial charge in [0.1, 0.15) is 0 Å². The third-order valence-corrected chi connectivity index (χ3v) is 15.1. The highest BCUT2D eigenvalue weighted by atomic mass is 16.5. The van der Waals surface area contributed by atoms with E-state index in [4.69, 9.17) is 4.74 Å². The van der Waals surface area contributed by atoms with E-state index in [0.29, 0.717) is 19.4 Å². The summed E-state index contributed by atoms with van der Waals surface area (Å²) in [5.74, 6) is -0.0566. The number of carbonyl (C=O) groups excluding carboxylic acids is 2. The Bertz CT molecular complexity index is 1180. The quantitative estimate of drug-likeness (QED) is 0.0320. The van der Waals surface area contributed by atoms with E-state index >= 15 is 0 Å². The maximum Gasteiger partial charge on any atom is 0.305 e. The van der Waals surface area contributed by atoms with Crippen molar-refractivity contribution in [2.24, 2.45) is 0 Å². The number of hydrogen-bond acceptors (Lipinski definition) is 5. The van der Waals surface area contributed by atoms with Crippen molar-refractivity contribution in [2.75, 3.05) is 13.2 Å². The first-order valence-corrected chi connectivity index (χ1v) is 32.8. The normalized spacial score (nSPS) is 12.8.